The number of aryl methyl sites for hydroxylation is 1. The number of phenols is 1. The second kappa shape index (κ2) is 9.28. The van der Waals surface area contributed by atoms with Crippen LogP contribution >= 0.6 is 23.1 Å². The van der Waals surface area contributed by atoms with Crippen LogP contribution in [-0.4, -0.2) is 49.0 Å². The van der Waals surface area contributed by atoms with Gasteiger partial charge in [-0.2, -0.15) is 8.75 Å². The smallest absolute Gasteiger partial charge is 0.257 e. The Balaban J connectivity index is 1.57. The van der Waals surface area contributed by atoms with Gasteiger partial charge in [0.1, 0.15) is 0 Å². The number of thiophene rings is 1. The van der Waals surface area contributed by atoms with Crippen LogP contribution in [0.5, 0.6) is 5.75 Å². The van der Waals surface area contributed by atoms with Gasteiger partial charge in [-0.3, -0.25) is 4.79 Å². The summed E-state index contributed by atoms with van der Waals surface area (Å²) in [5.41, 5.74) is 0.483. The van der Waals surface area contributed by atoms with E-state index in [-0.39, 0.29) is 35.2 Å². The first kappa shape index (κ1) is 23.5. The number of carbonyl (C=O) groups excluding carboxylic acids is 1. The number of hydrogen-bond donors (Lipinski definition) is 4. The van der Waals surface area contributed by atoms with E-state index >= 15 is 0 Å². The van der Waals surface area contributed by atoms with Gasteiger partial charge >= 0.3 is 0 Å². The fraction of sp³-hybridized carbons (Fsp3) is 0.435. The zero-order valence-electron chi connectivity index (χ0n) is 19.1. The van der Waals surface area contributed by atoms with E-state index in [0.29, 0.717) is 30.3 Å². The first-order chi connectivity index (χ1) is 15.6. The zero-order valence-corrected chi connectivity index (χ0v) is 20.8. The summed E-state index contributed by atoms with van der Waals surface area (Å²) in [5.74, 6) is 0.621. The number of nitrogens with zero attached hydrogens (tertiary/aromatic N) is 3. The molecule has 1 aliphatic rings. The predicted octanol–water partition coefficient (Wildman–Crippen LogP) is 4.76. The molecule has 0 radical (unpaired) electrons. The number of nitrogens with one attached hydrogen (secondary N) is 2. The minimum absolute atomic E-state index is 0.0174. The molecule has 3 aromatic rings. The van der Waals surface area contributed by atoms with E-state index < -0.39 is 6.10 Å². The number of likely N-dealkylation sites (tertiary alicyclic amines) is 1. The molecule has 2 atom stereocenters. The number of carbonyl (C=O) groups is 1. The first-order valence-electron chi connectivity index (χ1n) is 10.8. The Morgan fingerprint density at radius 2 is 1.97 bits per heavy atom. The standard InChI is InChI=1S/C23H29N5O3S2/c1-13-8-9-17(32-13)19(23(2,3)4)25-21-20(26-33-27-21)24-16-7-5-6-15(18(16)30)22(31)28-11-10-14(29)12-28/h5-9,14,19,29-30H,10-12H2,1-4H3,(H,24,26)(H,25,27)/t14-,19?/m1/s1. The van der Waals surface area contributed by atoms with Crippen molar-refractivity contribution in [2.45, 2.75) is 46.3 Å². The lowest BCUT2D eigenvalue weighted by atomic mass is 9.86. The number of phenolic OH excluding ortho intramolecular Hbond substituents is 1. The number of anilines is 3. The second-order valence-corrected chi connectivity index (χ2v) is 11.2. The summed E-state index contributed by atoms with van der Waals surface area (Å²) in [4.78, 5) is 16.8. The molecule has 1 amide bonds. The maximum atomic E-state index is 12.8. The molecule has 4 rings (SSSR count). The highest BCUT2D eigenvalue weighted by molar-refractivity contribution is 7.12. The summed E-state index contributed by atoms with van der Waals surface area (Å²) in [6.07, 6.45) is 0.0258. The fourth-order valence-corrected chi connectivity index (χ4v) is 5.52. The van der Waals surface area contributed by atoms with Gasteiger partial charge in [0.25, 0.3) is 5.91 Å². The van der Waals surface area contributed by atoms with Gasteiger partial charge in [0.2, 0.25) is 0 Å². The molecule has 0 saturated carbocycles. The Bertz CT molecular complexity index is 1140. The number of para-hydroxylation sites is 1. The Hall–Kier alpha value is -2.69. The molecule has 1 saturated heterocycles. The monoisotopic (exact) mass is 487 g/mol. The number of aliphatic hydroxyl groups is 1. The maximum Gasteiger partial charge on any atom is 0.257 e. The first-order valence-corrected chi connectivity index (χ1v) is 12.4. The minimum atomic E-state index is -0.519. The van der Waals surface area contributed by atoms with E-state index in [1.54, 1.807) is 34.4 Å². The van der Waals surface area contributed by atoms with E-state index in [4.69, 9.17) is 0 Å². The Morgan fingerprint density at radius 1 is 1.21 bits per heavy atom. The van der Waals surface area contributed by atoms with E-state index in [0.717, 1.165) is 11.7 Å². The summed E-state index contributed by atoms with van der Waals surface area (Å²) in [6.45, 7) is 9.34. The second-order valence-electron chi connectivity index (χ2n) is 9.37. The third-order valence-electron chi connectivity index (χ3n) is 5.65. The van der Waals surface area contributed by atoms with Crippen LogP contribution in [-0.2, 0) is 0 Å². The number of hydrogen-bond acceptors (Lipinski definition) is 9. The number of aliphatic hydroxyl groups excluding tert-OH is 1. The van der Waals surface area contributed by atoms with Crippen LogP contribution in [0.25, 0.3) is 0 Å². The molecule has 1 unspecified atom stereocenters. The molecule has 3 heterocycles. The summed E-state index contributed by atoms with van der Waals surface area (Å²) in [5, 5.41) is 27.2. The SMILES string of the molecule is Cc1ccc(C(Nc2nsnc2Nc2cccc(C(=O)N3CC[C@@H](O)C3)c2O)C(C)(C)C)s1. The zero-order chi connectivity index (χ0) is 23.8. The summed E-state index contributed by atoms with van der Waals surface area (Å²) in [6, 6.07) is 9.24. The van der Waals surface area contributed by atoms with Crippen LogP contribution in [0, 0.1) is 12.3 Å². The van der Waals surface area contributed by atoms with E-state index in [2.05, 4.69) is 59.2 Å². The van der Waals surface area contributed by atoms with Gasteiger partial charge in [-0.25, -0.2) is 0 Å². The molecule has 0 spiro atoms. The molecule has 1 aromatic carbocycles. The largest absolute Gasteiger partial charge is 0.505 e. The van der Waals surface area contributed by atoms with Crippen molar-refractivity contribution >= 4 is 46.3 Å². The molecule has 8 nitrogen and oxygen atoms in total. The number of aromatic hydroxyl groups is 1. The molecule has 4 N–H and O–H groups in total. The van der Waals surface area contributed by atoms with Gasteiger partial charge in [0.05, 0.1) is 35.1 Å². The van der Waals surface area contributed by atoms with Gasteiger partial charge in [-0.15, -0.1) is 11.3 Å². The molecule has 33 heavy (non-hydrogen) atoms. The van der Waals surface area contributed by atoms with Crippen LogP contribution in [0.1, 0.15) is 53.3 Å². The van der Waals surface area contributed by atoms with Gasteiger partial charge in [-0.1, -0.05) is 26.8 Å². The highest BCUT2D eigenvalue weighted by Crippen LogP contribution is 2.41. The van der Waals surface area contributed by atoms with Crippen molar-refractivity contribution in [2.75, 3.05) is 23.7 Å². The van der Waals surface area contributed by atoms with Crippen molar-refractivity contribution in [1.29, 1.82) is 0 Å². The van der Waals surface area contributed by atoms with Crippen molar-refractivity contribution in [3.8, 4) is 5.75 Å². The average Bonchev–Trinajstić information content (AvgIpc) is 3.48. The molecular formula is C23H29N5O3S2. The van der Waals surface area contributed by atoms with Gasteiger partial charge < -0.3 is 25.7 Å². The quantitative estimate of drug-likeness (QED) is 0.371. The van der Waals surface area contributed by atoms with Gasteiger partial charge in [0.15, 0.2) is 17.4 Å². The lowest BCUT2D eigenvalue weighted by Gasteiger charge is -2.31. The van der Waals surface area contributed by atoms with Gasteiger partial charge in [-0.05, 0) is 43.0 Å². The molecule has 1 aliphatic heterocycles. The Kier molecular flexibility index (Phi) is 6.60. The van der Waals surface area contributed by atoms with Crippen molar-refractivity contribution in [1.82, 2.24) is 13.6 Å². The molecule has 0 bridgehead atoms. The summed E-state index contributed by atoms with van der Waals surface area (Å²) < 4.78 is 8.80. The maximum absolute atomic E-state index is 12.8. The topological polar surface area (TPSA) is 111 Å². The third kappa shape index (κ3) is 5.13. The Labute approximate surface area is 201 Å². The molecule has 0 aliphatic carbocycles. The van der Waals surface area contributed by atoms with E-state index in [9.17, 15) is 15.0 Å². The molecular weight excluding hydrogens is 458 g/mol. The fourth-order valence-electron chi connectivity index (χ4n) is 3.87. The molecule has 10 heteroatoms. The van der Waals surface area contributed by atoms with Crippen LogP contribution in [0.2, 0.25) is 0 Å². The highest BCUT2D eigenvalue weighted by atomic mass is 32.1. The Morgan fingerprint density at radius 3 is 2.61 bits per heavy atom. The third-order valence-corrected chi connectivity index (χ3v) is 7.25. The predicted molar refractivity (Wildman–Crippen MR) is 133 cm³/mol. The molecule has 2 aromatic heterocycles. The summed E-state index contributed by atoms with van der Waals surface area (Å²) in [7, 11) is 0. The van der Waals surface area contributed by atoms with Gasteiger partial charge in [0, 0.05) is 22.8 Å². The van der Waals surface area contributed by atoms with Crippen LogP contribution < -0.4 is 10.6 Å². The van der Waals surface area contributed by atoms with E-state index in [1.807, 2.05) is 0 Å². The minimum Gasteiger partial charge on any atom is -0.505 e. The van der Waals surface area contributed by atoms with Crippen molar-refractivity contribution in [3.05, 3.63) is 45.6 Å². The van der Waals surface area contributed by atoms with Crippen LogP contribution in [0.3, 0.4) is 0 Å². The number of benzene rings is 1. The molecule has 176 valence electrons. The lowest BCUT2D eigenvalue weighted by molar-refractivity contribution is 0.0762. The van der Waals surface area contributed by atoms with Crippen molar-refractivity contribution in [2.24, 2.45) is 5.41 Å². The lowest BCUT2D eigenvalue weighted by Crippen LogP contribution is -2.29. The highest BCUT2D eigenvalue weighted by Gasteiger charge is 2.30. The van der Waals surface area contributed by atoms with E-state index in [1.165, 1.54) is 9.75 Å². The number of aromatic nitrogens is 2. The number of β-amino-alcohol motifs (C(OH)–C–C–N with tert-alkyl or cyclic N) is 1. The summed E-state index contributed by atoms with van der Waals surface area (Å²) >= 11 is 2.82. The number of amides is 1. The van der Waals surface area contributed by atoms with Crippen LogP contribution in [0.15, 0.2) is 30.3 Å². The van der Waals surface area contributed by atoms with Crippen LogP contribution in [0.4, 0.5) is 17.3 Å². The van der Waals surface area contributed by atoms with Crippen molar-refractivity contribution in [3.63, 3.8) is 0 Å². The number of rotatable bonds is 6. The normalized spacial score (nSPS) is 17.2. The van der Waals surface area contributed by atoms with Crippen molar-refractivity contribution < 1.29 is 15.0 Å². The average molecular weight is 488 g/mol. The molecule has 1 fully saturated rings.